The molecule has 0 radical (unpaired) electrons. The average Bonchev–Trinajstić information content (AvgIpc) is 2.37. The van der Waals surface area contributed by atoms with Gasteiger partial charge in [-0.05, 0) is 12.3 Å². The van der Waals surface area contributed by atoms with Crippen LogP contribution in [0.4, 0.5) is 0 Å². The third kappa shape index (κ3) is 6.02. The highest BCUT2D eigenvalue weighted by atomic mass is 16.5. The maximum absolute atomic E-state index is 11.9. The van der Waals surface area contributed by atoms with Crippen LogP contribution in [0.5, 0.6) is 0 Å². The second-order valence-corrected chi connectivity index (χ2v) is 5.20. The van der Waals surface area contributed by atoms with Crippen LogP contribution in [0.2, 0.25) is 0 Å². The number of morpholine rings is 1. The summed E-state index contributed by atoms with van der Waals surface area (Å²) in [5.41, 5.74) is 0. The fourth-order valence-corrected chi connectivity index (χ4v) is 2.06. The Labute approximate surface area is 114 Å². The fourth-order valence-electron chi connectivity index (χ4n) is 2.06. The molecule has 1 unspecified atom stereocenters. The number of hydrogen-bond donors (Lipinski definition) is 2. The number of esters is 1. The number of ether oxygens (including phenoxy) is 2. The molecule has 2 atom stereocenters. The number of carbonyl (C=O) groups excluding carboxylic acids is 2. The van der Waals surface area contributed by atoms with E-state index in [4.69, 9.17) is 9.47 Å². The molecule has 6 heteroatoms. The van der Waals surface area contributed by atoms with E-state index in [1.807, 2.05) is 13.8 Å². The van der Waals surface area contributed by atoms with E-state index in [-0.39, 0.29) is 11.9 Å². The summed E-state index contributed by atoms with van der Waals surface area (Å²) >= 11 is 0. The lowest BCUT2D eigenvalue weighted by molar-refractivity contribution is -0.145. The van der Waals surface area contributed by atoms with Crippen LogP contribution in [0.15, 0.2) is 0 Å². The van der Waals surface area contributed by atoms with Gasteiger partial charge in [-0.15, -0.1) is 0 Å². The molecule has 1 aliphatic heterocycles. The van der Waals surface area contributed by atoms with Crippen molar-refractivity contribution in [3.05, 3.63) is 0 Å². The Kier molecular flexibility index (Phi) is 6.80. The molecule has 0 bridgehead atoms. The number of nitrogens with one attached hydrogen (secondary N) is 2. The first-order chi connectivity index (χ1) is 9.02. The van der Waals surface area contributed by atoms with E-state index in [9.17, 15) is 9.59 Å². The molecule has 110 valence electrons. The first kappa shape index (κ1) is 15.9. The van der Waals surface area contributed by atoms with Crippen LogP contribution in [0.1, 0.15) is 26.7 Å². The lowest BCUT2D eigenvalue weighted by Crippen LogP contribution is -2.47. The molecular formula is C13H24N2O4. The van der Waals surface area contributed by atoms with E-state index < -0.39 is 12.0 Å². The number of carbonyl (C=O) groups is 2. The van der Waals surface area contributed by atoms with Gasteiger partial charge in [0, 0.05) is 19.0 Å². The average molecular weight is 272 g/mol. The van der Waals surface area contributed by atoms with E-state index in [1.54, 1.807) is 0 Å². The molecule has 0 aromatic carbocycles. The summed E-state index contributed by atoms with van der Waals surface area (Å²) < 4.78 is 10.00. The van der Waals surface area contributed by atoms with E-state index in [2.05, 4.69) is 10.6 Å². The Morgan fingerprint density at radius 1 is 1.47 bits per heavy atom. The molecule has 1 amide bonds. The van der Waals surface area contributed by atoms with E-state index >= 15 is 0 Å². The third-order valence-electron chi connectivity index (χ3n) is 2.96. The summed E-state index contributed by atoms with van der Waals surface area (Å²) in [6, 6.07) is -0.548. The lowest BCUT2D eigenvalue weighted by Gasteiger charge is -2.24. The minimum absolute atomic E-state index is 0.0195. The summed E-state index contributed by atoms with van der Waals surface area (Å²) in [5.74, 6) is -0.241. The van der Waals surface area contributed by atoms with Crippen LogP contribution >= 0.6 is 0 Å². The van der Waals surface area contributed by atoms with Gasteiger partial charge in [0.2, 0.25) is 5.91 Å². The summed E-state index contributed by atoms with van der Waals surface area (Å²) in [6.45, 7) is 5.96. The Morgan fingerprint density at radius 3 is 2.74 bits per heavy atom. The predicted molar refractivity (Wildman–Crippen MR) is 70.6 cm³/mol. The largest absolute Gasteiger partial charge is 0.467 e. The van der Waals surface area contributed by atoms with Gasteiger partial charge in [-0.2, -0.15) is 0 Å². The third-order valence-corrected chi connectivity index (χ3v) is 2.96. The molecule has 1 rings (SSSR count). The second kappa shape index (κ2) is 8.12. The normalized spacial score (nSPS) is 20.9. The molecule has 1 fully saturated rings. The van der Waals surface area contributed by atoms with Gasteiger partial charge < -0.3 is 20.1 Å². The van der Waals surface area contributed by atoms with Crippen LogP contribution < -0.4 is 10.6 Å². The number of hydrogen-bond acceptors (Lipinski definition) is 5. The van der Waals surface area contributed by atoms with Crippen LogP contribution in [0.3, 0.4) is 0 Å². The highest BCUT2D eigenvalue weighted by Gasteiger charge is 2.24. The first-order valence-electron chi connectivity index (χ1n) is 6.71. The molecule has 1 heterocycles. The van der Waals surface area contributed by atoms with Crippen molar-refractivity contribution >= 4 is 11.9 Å². The molecule has 1 saturated heterocycles. The van der Waals surface area contributed by atoms with E-state index in [1.165, 1.54) is 7.11 Å². The highest BCUT2D eigenvalue weighted by molar-refractivity contribution is 5.84. The molecule has 19 heavy (non-hydrogen) atoms. The predicted octanol–water partition coefficient (Wildman–Crippen LogP) is 0.0688. The summed E-state index contributed by atoms with van der Waals surface area (Å²) in [4.78, 5) is 23.5. The molecule has 1 aliphatic rings. The van der Waals surface area contributed by atoms with Gasteiger partial charge in [-0.1, -0.05) is 13.8 Å². The second-order valence-electron chi connectivity index (χ2n) is 5.20. The quantitative estimate of drug-likeness (QED) is 0.669. The van der Waals surface area contributed by atoms with Crippen molar-refractivity contribution in [2.75, 3.05) is 26.9 Å². The Morgan fingerprint density at radius 2 is 2.21 bits per heavy atom. The molecular weight excluding hydrogens is 248 g/mol. The zero-order valence-electron chi connectivity index (χ0n) is 11.9. The van der Waals surface area contributed by atoms with Gasteiger partial charge in [0.25, 0.3) is 0 Å². The Hall–Kier alpha value is -1.14. The SMILES string of the molecule is COC(=O)[C@H](CC(C)C)NC(=O)CC1COCCN1. The van der Waals surface area contributed by atoms with Crippen LogP contribution in [0, 0.1) is 5.92 Å². The molecule has 0 aromatic rings. The van der Waals surface area contributed by atoms with Crippen LogP contribution in [0.25, 0.3) is 0 Å². The highest BCUT2D eigenvalue weighted by Crippen LogP contribution is 2.07. The number of methoxy groups -OCH3 is 1. The molecule has 0 saturated carbocycles. The Bertz CT molecular complexity index is 301. The van der Waals surface area contributed by atoms with Gasteiger partial charge in [0.05, 0.1) is 20.3 Å². The lowest BCUT2D eigenvalue weighted by atomic mass is 10.0. The van der Waals surface area contributed by atoms with Crippen LogP contribution in [-0.4, -0.2) is 50.8 Å². The van der Waals surface area contributed by atoms with Crippen molar-refractivity contribution in [3.63, 3.8) is 0 Å². The van der Waals surface area contributed by atoms with Crippen molar-refractivity contribution in [1.29, 1.82) is 0 Å². The number of amides is 1. The van der Waals surface area contributed by atoms with E-state index in [0.717, 1.165) is 6.54 Å². The number of rotatable bonds is 6. The van der Waals surface area contributed by atoms with E-state index in [0.29, 0.717) is 32.0 Å². The van der Waals surface area contributed by atoms with Crippen LogP contribution in [-0.2, 0) is 19.1 Å². The monoisotopic (exact) mass is 272 g/mol. The zero-order valence-corrected chi connectivity index (χ0v) is 11.9. The van der Waals surface area contributed by atoms with Gasteiger partial charge >= 0.3 is 5.97 Å². The minimum Gasteiger partial charge on any atom is -0.467 e. The van der Waals surface area contributed by atoms with Gasteiger partial charge in [-0.3, -0.25) is 4.79 Å². The van der Waals surface area contributed by atoms with Gasteiger partial charge in [0.1, 0.15) is 6.04 Å². The maximum atomic E-state index is 11.9. The fraction of sp³-hybridized carbons (Fsp3) is 0.846. The zero-order chi connectivity index (χ0) is 14.3. The van der Waals surface area contributed by atoms with Crippen molar-refractivity contribution in [3.8, 4) is 0 Å². The van der Waals surface area contributed by atoms with Crippen molar-refractivity contribution in [1.82, 2.24) is 10.6 Å². The molecule has 0 spiro atoms. The molecule has 0 aliphatic carbocycles. The first-order valence-corrected chi connectivity index (χ1v) is 6.71. The van der Waals surface area contributed by atoms with Gasteiger partial charge in [-0.25, -0.2) is 4.79 Å². The summed E-state index contributed by atoms with van der Waals surface area (Å²) in [5, 5.41) is 5.94. The van der Waals surface area contributed by atoms with Crippen molar-refractivity contribution < 1.29 is 19.1 Å². The summed E-state index contributed by atoms with van der Waals surface area (Å²) in [6.07, 6.45) is 0.887. The standard InChI is InChI=1S/C13H24N2O4/c1-9(2)6-11(13(17)18-3)15-12(16)7-10-8-19-5-4-14-10/h9-11,14H,4-8H2,1-3H3,(H,15,16)/t10?,11-/m0/s1. The minimum atomic E-state index is -0.568. The summed E-state index contributed by atoms with van der Waals surface area (Å²) in [7, 11) is 1.33. The Balaban J connectivity index is 2.43. The topological polar surface area (TPSA) is 76.7 Å². The molecule has 0 aromatic heterocycles. The smallest absolute Gasteiger partial charge is 0.328 e. The van der Waals surface area contributed by atoms with Crippen molar-refractivity contribution in [2.45, 2.75) is 38.8 Å². The molecule has 2 N–H and O–H groups in total. The van der Waals surface area contributed by atoms with Crippen molar-refractivity contribution in [2.24, 2.45) is 5.92 Å². The van der Waals surface area contributed by atoms with Gasteiger partial charge in [0.15, 0.2) is 0 Å². The maximum Gasteiger partial charge on any atom is 0.328 e. The molecule has 6 nitrogen and oxygen atoms in total.